The van der Waals surface area contributed by atoms with Crippen molar-refractivity contribution in [2.75, 3.05) is 13.2 Å². The van der Waals surface area contributed by atoms with E-state index in [2.05, 4.69) is 5.32 Å². The fourth-order valence-corrected chi connectivity index (χ4v) is 3.87. The number of carbonyl (C=O) groups is 1. The molecule has 2 N–H and O–H groups in total. The fourth-order valence-electron chi connectivity index (χ4n) is 3.87. The number of hydrogen-bond acceptors (Lipinski definition) is 3. The fraction of sp³-hybridized carbons (Fsp3) is 0.632. The van der Waals surface area contributed by atoms with E-state index < -0.39 is 6.10 Å². The predicted octanol–water partition coefficient (Wildman–Crippen LogP) is 2.82. The van der Waals surface area contributed by atoms with Crippen molar-refractivity contribution < 1.29 is 14.6 Å². The maximum absolute atomic E-state index is 12.6. The van der Waals surface area contributed by atoms with Crippen molar-refractivity contribution in [1.29, 1.82) is 0 Å². The number of ether oxygens (including phenoxy) is 1. The van der Waals surface area contributed by atoms with Crippen LogP contribution in [-0.2, 0) is 9.53 Å². The van der Waals surface area contributed by atoms with E-state index in [9.17, 15) is 9.90 Å². The lowest BCUT2D eigenvalue weighted by molar-refractivity contribution is -0.135. The van der Waals surface area contributed by atoms with Gasteiger partial charge in [0.05, 0.1) is 18.1 Å². The SMILES string of the molecule is O=C(NCC(O)C1CCCC1)C1CCCOC1c1ccccc1. The van der Waals surface area contributed by atoms with E-state index in [1.54, 1.807) is 0 Å². The van der Waals surface area contributed by atoms with Crippen LogP contribution in [-0.4, -0.2) is 30.3 Å². The second-order valence-electron chi connectivity index (χ2n) is 6.81. The summed E-state index contributed by atoms with van der Waals surface area (Å²) in [4.78, 5) is 12.6. The van der Waals surface area contributed by atoms with Gasteiger partial charge >= 0.3 is 0 Å². The van der Waals surface area contributed by atoms with Crippen LogP contribution in [0.25, 0.3) is 0 Å². The Bertz CT molecular complexity index is 499. The molecule has 1 amide bonds. The molecule has 2 aliphatic rings. The van der Waals surface area contributed by atoms with Gasteiger partial charge in [0, 0.05) is 13.2 Å². The van der Waals surface area contributed by atoms with Gasteiger partial charge in [0.2, 0.25) is 5.91 Å². The van der Waals surface area contributed by atoms with Crippen molar-refractivity contribution in [3.05, 3.63) is 35.9 Å². The monoisotopic (exact) mass is 317 g/mol. The van der Waals surface area contributed by atoms with E-state index in [4.69, 9.17) is 4.74 Å². The van der Waals surface area contributed by atoms with Crippen LogP contribution in [0.15, 0.2) is 30.3 Å². The van der Waals surface area contributed by atoms with E-state index in [-0.39, 0.29) is 17.9 Å². The molecular formula is C19H27NO3. The van der Waals surface area contributed by atoms with Gasteiger partial charge in [-0.25, -0.2) is 0 Å². The lowest BCUT2D eigenvalue weighted by atomic mass is 9.88. The van der Waals surface area contributed by atoms with E-state index in [1.165, 1.54) is 12.8 Å². The van der Waals surface area contributed by atoms with Crippen LogP contribution in [0.1, 0.15) is 50.2 Å². The highest BCUT2D eigenvalue weighted by molar-refractivity contribution is 5.79. The Morgan fingerprint density at radius 3 is 2.65 bits per heavy atom. The van der Waals surface area contributed by atoms with Gasteiger partial charge in [-0.3, -0.25) is 4.79 Å². The highest BCUT2D eigenvalue weighted by Gasteiger charge is 2.33. The first-order valence-corrected chi connectivity index (χ1v) is 8.88. The zero-order chi connectivity index (χ0) is 16.1. The topological polar surface area (TPSA) is 58.6 Å². The molecule has 0 aromatic heterocycles. The third-order valence-electron chi connectivity index (χ3n) is 5.22. The van der Waals surface area contributed by atoms with Gasteiger partial charge in [0.1, 0.15) is 0 Å². The van der Waals surface area contributed by atoms with Gasteiger partial charge in [-0.2, -0.15) is 0 Å². The molecule has 1 aromatic rings. The normalized spacial score (nSPS) is 26.8. The minimum atomic E-state index is -0.416. The Morgan fingerprint density at radius 1 is 1.17 bits per heavy atom. The van der Waals surface area contributed by atoms with Gasteiger partial charge in [0.25, 0.3) is 0 Å². The summed E-state index contributed by atoms with van der Waals surface area (Å²) in [6.45, 7) is 1.07. The molecule has 3 rings (SSSR count). The molecular weight excluding hydrogens is 290 g/mol. The summed E-state index contributed by atoms with van der Waals surface area (Å²) in [7, 11) is 0. The Labute approximate surface area is 138 Å². The van der Waals surface area contributed by atoms with Crippen LogP contribution in [0.2, 0.25) is 0 Å². The number of aliphatic hydroxyl groups is 1. The summed E-state index contributed by atoms with van der Waals surface area (Å²) in [5, 5.41) is 13.2. The van der Waals surface area contributed by atoms with Crippen LogP contribution in [0, 0.1) is 11.8 Å². The van der Waals surface area contributed by atoms with Crippen LogP contribution >= 0.6 is 0 Å². The summed E-state index contributed by atoms with van der Waals surface area (Å²) < 4.78 is 5.88. The van der Waals surface area contributed by atoms with Gasteiger partial charge in [-0.15, -0.1) is 0 Å². The summed E-state index contributed by atoms with van der Waals surface area (Å²) in [5.74, 6) is 0.195. The van der Waals surface area contributed by atoms with Crippen LogP contribution < -0.4 is 5.32 Å². The number of carbonyl (C=O) groups excluding carboxylic acids is 1. The third-order valence-corrected chi connectivity index (χ3v) is 5.22. The second kappa shape index (κ2) is 7.93. The van der Waals surface area contributed by atoms with Crippen LogP contribution in [0.3, 0.4) is 0 Å². The predicted molar refractivity (Wildman–Crippen MR) is 88.8 cm³/mol. The maximum Gasteiger partial charge on any atom is 0.226 e. The molecule has 1 heterocycles. The van der Waals surface area contributed by atoms with E-state index >= 15 is 0 Å². The zero-order valence-electron chi connectivity index (χ0n) is 13.6. The molecule has 4 heteroatoms. The summed E-state index contributed by atoms with van der Waals surface area (Å²) >= 11 is 0. The molecule has 1 saturated heterocycles. The highest BCUT2D eigenvalue weighted by Crippen LogP contribution is 2.34. The number of aliphatic hydroxyl groups excluding tert-OH is 1. The largest absolute Gasteiger partial charge is 0.391 e. The number of amides is 1. The zero-order valence-corrected chi connectivity index (χ0v) is 13.6. The minimum Gasteiger partial charge on any atom is -0.391 e. The first kappa shape index (κ1) is 16.5. The Balaban J connectivity index is 1.58. The number of nitrogens with one attached hydrogen (secondary N) is 1. The average molecular weight is 317 g/mol. The Kier molecular flexibility index (Phi) is 5.68. The van der Waals surface area contributed by atoms with Crippen molar-refractivity contribution in [1.82, 2.24) is 5.32 Å². The first-order chi connectivity index (χ1) is 11.3. The summed E-state index contributed by atoms with van der Waals surface area (Å²) in [6, 6.07) is 9.96. The minimum absolute atomic E-state index is 0.00981. The summed E-state index contributed by atoms with van der Waals surface area (Å²) in [5.41, 5.74) is 1.06. The van der Waals surface area contributed by atoms with Crippen molar-refractivity contribution in [3.8, 4) is 0 Å². The van der Waals surface area contributed by atoms with Gasteiger partial charge in [-0.05, 0) is 37.2 Å². The number of hydrogen-bond donors (Lipinski definition) is 2. The standard InChI is InChI=1S/C19H27NO3/c21-17(14-7-4-5-8-14)13-20-19(22)16-11-6-12-23-18(16)15-9-2-1-3-10-15/h1-3,9-10,14,16-18,21H,4-8,11-13H2,(H,20,22). The molecule has 1 aliphatic heterocycles. The lowest BCUT2D eigenvalue weighted by Crippen LogP contribution is -2.42. The molecule has 0 radical (unpaired) electrons. The molecule has 126 valence electrons. The Hall–Kier alpha value is -1.39. The Morgan fingerprint density at radius 2 is 1.91 bits per heavy atom. The molecule has 0 bridgehead atoms. The average Bonchev–Trinajstić information content (AvgIpc) is 3.15. The van der Waals surface area contributed by atoms with Crippen molar-refractivity contribution in [3.63, 3.8) is 0 Å². The van der Waals surface area contributed by atoms with Crippen LogP contribution in [0.4, 0.5) is 0 Å². The molecule has 3 unspecified atom stereocenters. The number of benzene rings is 1. The van der Waals surface area contributed by atoms with Gasteiger partial charge < -0.3 is 15.2 Å². The molecule has 3 atom stereocenters. The smallest absolute Gasteiger partial charge is 0.226 e. The third kappa shape index (κ3) is 4.12. The lowest BCUT2D eigenvalue weighted by Gasteiger charge is -2.31. The van der Waals surface area contributed by atoms with Crippen molar-refractivity contribution in [2.24, 2.45) is 11.8 Å². The maximum atomic E-state index is 12.6. The highest BCUT2D eigenvalue weighted by atomic mass is 16.5. The summed E-state index contributed by atoms with van der Waals surface area (Å²) in [6.07, 6.45) is 5.71. The van der Waals surface area contributed by atoms with Crippen molar-refractivity contribution >= 4 is 5.91 Å². The van der Waals surface area contributed by atoms with E-state index in [0.717, 1.165) is 31.2 Å². The van der Waals surface area contributed by atoms with E-state index in [0.29, 0.717) is 19.1 Å². The molecule has 1 aliphatic carbocycles. The van der Waals surface area contributed by atoms with E-state index in [1.807, 2.05) is 30.3 Å². The molecule has 1 aromatic carbocycles. The van der Waals surface area contributed by atoms with Crippen LogP contribution in [0.5, 0.6) is 0 Å². The van der Waals surface area contributed by atoms with Gasteiger partial charge in [0.15, 0.2) is 0 Å². The van der Waals surface area contributed by atoms with Crippen molar-refractivity contribution in [2.45, 2.75) is 50.7 Å². The molecule has 4 nitrogen and oxygen atoms in total. The van der Waals surface area contributed by atoms with Gasteiger partial charge in [-0.1, -0.05) is 43.2 Å². The quantitative estimate of drug-likeness (QED) is 0.878. The number of rotatable bonds is 5. The molecule has 1 saturated carbocycles. The first-order valence-electron chi connectivity index (χ1n) is 8.88. The molecule has 0 spiro atoms. The molecule has 23 heavy (non-hydrogen) atoms. The second-order valence-corrected chi connectivity index (χ2v) is 6.81. The molecule has 2 fully saturated rings.